The first-order valence-electron chi connectivity index (χ1n) is 9.52. The summed E-state index contributed by atoms with van der Waals surface area (Å²) in [5, 5.41) is 11.3. The van der Waals surface area contributed by atoms with Crippen molar-refractivity contribution in [2.45, 2.75) is 12.5 Å². The van der Waals surface area contributed by atoms with Gasteiger partial charge in [-0.25, -0.2) is 0 Å². The molecule has 1 aliphatic heterocycles. The van der Waals surface area contributed by atoms with Crippen LogP contribution in [0.15, 0.2) is 48.3 Å². The number of hydrogen-bond donors (Lipinski definition) is 1. The van der Waals surface area contributed by atoms with Gasteiger partial charge in [-0.15, -0.1) is 0 Å². The highest BCUT2D eigenvalue weighted by atomic mass is 35.5. The molecule has 8 heteroatoms. The average molecular weight is 430 g/mol. The smallest absolute Gasteiger partial charge is 0.295 e. The summed E-state index contributed by atoms with van der Waals surface area (Å²) in [4.78, 5) is 33.3. The molecule has 1 N–H and O–H groups in total. The Morgan fingerprint density at radius 1 is 1.23 bits per heavy atom. The molecule has 0 aliphatic carbocycles. The Morgan fingerprint density at radius 2 is 1.93 bits per heavy atom. The van der Waals surface area contributed by atoms with Gasteiger partial charge in [0.15, 0.2) is 0 Å². The first-order chi connectivity index (χ1) is 14.3. The van der Waals surface area contributed by atoms with Gasteiger partial charge in [0.05, 0.1) is 23.7 Å². The predicted octanol–water partition coefficient (Wildman–Crippen LogP) is 3.12. The Morgan fingerprint density at radius 3 is 2.53 bits per heavy atom. The quantitative estimate of drug-likeness (QED) is 0.413. The molecule has 1 aromatic carbocycles. The van der Waals surface area contributed by atoms with E-state index in [4.69, 9.17) is 16.3 Å². The predicted molar refractivity (Wildman–Crippen MR) is 114 cm³/mol. The van der Waals surface area contributed by atoms with Crippen molar-refractivity contribution in [3.63, 3.8) is 0 Å². The zero-order chi connectivity index (χ0) is 21.8. The van der Waals surface area contributed by atoms with Gasteiger partial charge in [-0.1, -0.05) is 11.6 Å². The topological polar surface area (TPSA) is 83.0 Å². The van der Waals surface area contributed by atoms with Crippen molar-refractivity contribution in [2.75, 3.05) is 34.3 Å². The van der Waals surface area contributed by atoms with Gasteiger partial charge in [-0.3, -0.25) is 14.6 Å². The van der Waals surface area contributed by atoms with Crippen LogP contribution >= 0.6 is 11.6 Å². The lowest BCUT2D eigenvalue weighted by Crippen LogP contribution is -2.32. The second-order valence-corrected chi connectivity index (χ2v) is 7.69. The maximum atomic E-state index is 12.9. The average Bonchev–Trinajstić information content (AvgIpc) is 2.98. The van der Waals surface area contributed by atoms with Crippen molar-refractivity contribution in [1.82, 2.24) is 14.8 Å². The van der Waals surface area contributed by atoms with E-state index in [1.54, 1.807) is 36.7 Å². The molecule has 3 rings (SSSR count). The molecular formula is C22H24ClN3O4. The van der Waals surface area contributed by atoms with E-state index in [1.807, 2.05) is 19.0 Å². The van der Waals surface area contributed by atoms with Crippen molar-refractivity contribution >= 4 is 29.1 Å². The van der Waals surface area contributed by atoms with E-state index >= 15 is 0 Å². The number of likely N-dealkylation sites (tertiary alicyclic amines) is 1. The minimum atomic E-state index is -0.717. The summed E-state index contributed by atoms with van der Waals surface area (Å²) in [5.41, 5.74) is 1.08. The summed E-state index contributed by atoms with van der Waals surface area (Å²) >= 11 is 6.19. The molecule has 1 saturated heterocycles. The second kappa shape index (κ2) is 9.28. The molecule has 1 unspecified atom stereocenters. The number of carbonyl (C=O) groups excluding carboxylic acids is 2. The molecular weight excluding hydrogens is 406 g/mol. The number of benzene rings is 1. The summed E-state index contributed by atoms with van der Waals surface area (Å²) in [5.74, 6) is -1.17. The number of amides is 1. The molecule has 2 aromatic rings. The molecule has 0 saturated carbocycles. The van der Waals surface area contributed by atoms with Crippen LogP contribution in [0, 0.1) is 0 Å². The van der Waals surface area contributed by atoms with E-state index in [2.05, 4.69) is 4.98 Å². The maximum Gasteiger partial charge on any atom is 0.295 e. The van der Waals surface area contributed by atoms with Crippen LogP contribution in [0.2, 0.25) is 5.02 Å². The van der Waals surface area contributed by atoms with E-state index in [9.17, 15) is 14.7 Å². The number of carbonyl (C=O) groups is 2. The molecule has 0 spiro atoms. The molecule has 1 fully saturated rings. The lowest BCUT2D eigenvalue weighted by atomic mass is 9.96. The fraction of sp³-hybridized carbons (Fsp3) is 0.318. The zero-order valence-electron chi connectivity index (χ0n) is 17.1. The third-order valence-corrected chi connectivity index (χ3v) is 5.29. The number of aliphatic hydroxyl groups is 1. The molecule has 30 heavy (non-hydrogen) atoms. The van der Waals surface area contributed by atoms with Crippen LogP contribution in [0.3, 0.4) is 0 Å². The van der Waals surface area contributed by atoms with Crippen LogP contribution in [-0.2, 0) is 9.59 Å². The second-order valence-electron chi connectivity index (χ2n) is 7.28. The van der Waals surface area contributed by atoms with Gasteiger partial charge in [0.1, 0.15) is 11.5 Å². The Hall–Kier alpha value is -2.90. The van der Waals surface area contributed by atoms with Gasteiger partial charge in [-0.2, -0.15) is 0 Å². The minimum Gasteiger partial charge on any atom is -0.507 e. The van der Waals surface area contributed by atoms with E-state index in [0.717, 1.165) is 6.54 Å². The van der Waals surface area contributed by atoms with Crippen LogP contribution in [0.5, 0.6) is 5.75 Å². The molecule has 158 valence electrons. The van der Waals surface area contributed by atoms with Crippen LogP contribution in [0.4, 0.5) is 0 Å². The molecule has 2 heterocycles. The third-order valence-electron chi connectivity index (χ3n) is 4.99. The summed E-state index contributed by atoms with van der Waals surface area (Å²) < 4.78 is 5.14. The molecule has 7 nitrogen and oxygen atoms in total. The van der Waals surface area contributed by atoms with Gasteiger partial charge in [-0.05, 0) is 63.0 Å². The number of nitrogens with zero attached hydrogens (tertiary/aromatic N) is 3. The number of Topliss-reactive ketones (excluding diaryl/α,β-unsaturated/α-hetero) is 1. The Labute approximate surface area is 180 Å². The highest BCUT2D eigenvalue weighted by Gasteiger charge is 2.45. The van der Waals surface area contributed by atoms with E-state index in [0.29, 0.717) is 34.9 Å². The molecule has 0 bridgehead atoms. The van der Waals surface area contributed by atoms with Gasteiger partial charge in [0.25, 0.3) is 11.7 Å². The van der Waals surface area contributed by atoms with E-state index < -0.39 is 17.7 Å². The number of aromatic nitrogens is 1. The fourth-order valence-corrected chi connectivity index (χ4v) is 3.79. The number of halogens is 1. The zero-order valence-corrected chi connectivity index (χ0v) is 17.9. The summed E-state index contributed by atoms with van der Waals surface area (Å²) in [6, 6.07) is 7.50. The number of methoxy groups -OCH3 is 1. The molecule has 1 amide bonds. The van der Waals surface area contributed by atoms with Crippen LogP contribution < -0.4 is 4.74 Å². The highest BCUT2D eigenvalue weighted by molar-refractivity contribution is 6.46. The van der Waals surface area contributed by atoms with E-state index in [-0.39, 0.29) is 11.3 Å². The summed E-state index contributed by atoms with van der Waals surface area (Å²) in [7, 11) is 5.38. The monoisotopic (exact) mass is 429 g/mol. The Bertz CT molecular complexity index is 976. The normalized spacial score (nSPS) is 18.3. The summed E-state index contributed by atoms with van der Waals surface area (Å²) in [6.45, 7) is 1.15. The number of pyridine rings is 1. The van der Waals surface area contributed by atoms with Gasteiger partial charge >= 0.3 is 0 Å². The number of ether oxygens (including phenoxy) is 1. The van der Waals surface area contributed by atoms with Crippen LogP contribution in [-0.4, -0.2) is 65.9 Å². The fourth-order valence-electron chi connectivity index (χ4n) is 3.53. The molecule has 1 aliphatic rings. The third kappa shape index (κ3) is 4.32. The molecule has 1 aromatic heterocycles. The number of aliphatic hydroxyl groups excluding tert-OH is 1. The van der Waals surface area contributed by atoms with Crippen molar-refractivity contribution < 1.29 is 19.4 Å². The Balaban J connectivity index is 2.08. The molecule has 1 atom stereocenters. The Kier molecular flexibility index (Phi) is 6.74. The minimum absolute atomic E-state index is 0.0392. The van der Waals surface area contributed by atoms with Gasteiger partial charge in [0, 0.05) is 24.5 Å². The molecule has 0 radical (unpaired) electrons. The van der Waals surface area contributed by atoms with E-state index in [1.165, 1.54) is 18.1 Å². The summed E-state index contributed by atoms with van der Waals surface area (Å²) in [6.07, 6.45) is 3.88. The van der Waals surface area contributed by atoms with Crippen LogP contribution in [0.1, 0.15) is 23.6 Å². The SMILES string of the molecule is COc1ccc(/C(O)=C2/C(=O)C(=O)N(CCCN(C)C)C2c2ccncc2)cc1Cl. The standard InChI is InChI=1S/C22H24ClN3O4/c1-25(2)11-4-12-26-19(14-7-9-24-10-8-14)18(21(28)22(26)29)20(27)15-5-6-17(30-3)16(23)13-15/h5-10,13,19,27H,4,11-12H2,1-3H3/b20-18-. The highest BCUT2D eigenvalue weighted by Crippen LogP contribution is 2.40. The lowest BCUT2D eigenvalue weighted by molar-refractivity contribution is -0.139. The largest absolute Gasteiger partial charge is 0.507 e. The number of hydrogen-bond acceptors (Lipinski definition) is 6. The lowest BCUT2D eigenvalue weighted by Gasteiger charge is -2.25. The van der Waals surface area contributed by atoms with Crippen molar-refractivity contribution in [3.8, 4) is 5.75 Å². The van der Waals surface area contributed by atoms with Crippen molar-refractivity contribution in [2.24, 2.45) is 0 Å². The van der Waals surface area contributed by atoms with Crippen molar-refractivity contribution in [1.29, 1.82) is 0 Å². The number of ketones is 1. The van der Waals surface area contributed by atoms with Gasteiger partial charge < -0.3 is 19.6 Å². The first-order valence-corrected chi connectivity index (χ1v) is 9.90. The number of rotatable bonds is 7. The maximum absolute atomic E-state index is 12.9. The van der Waals surface area contributed by atoms with Crippen molar-refractivity contribution in [3.05, 3.63) is 64.4 Å². The first kappa shape index (κ1) is 21.8. The van der Waals surface area contributed by atoms with Gasteiger partial charge in [0.2, 0.25) is 0 Å². The van der Waals surface area contributed by atoms with Crippen LogP contribution in [0.25, 0.3) is 5.76 Å².